The minimum Gasteiger partial charge on any atom is -0.348 e. The molecule has 6 nitrogen and oxygen atoms in total. The molecule has 9 heteroatoms. The number of benzene rings is 1. The van der Waals surface area contributed by atoms with Crippen LogP contribution >= 0.6 is 0 Å². The first kappa shape index (κ1) is 25.0. The van der Waals surface area contributed by atoms with Crippen molar-refractivity contribution in [2.24, 2.45) is 5.92 Å². The first-order valence-corrected chi connectivity index (χ1v) is 11.7. The Morgan fingerprint density at radius 3 is 2.62 bits per heavy atom. The third kappa shape index (κ3) is 7.46. The Kier molecular flexibility index (Phi) is 8.49. The molecule has 170 valence electrons. The molecule has 0 fully saturated rings. The molecule has 0 radical (unpaired) electrons. The van der Waals surface area contributed by atoms with E-state index < -0.39 is 28.4 Å². The van der Waals surface area contributed by atoms with E-state index in [1.807, 2.05) is 13.8 Å². The van der Waals surface area contributed by atoms with Crippen LogP contribution in [0.25, 0.3) is 6.08 Å². The average Bonchev–Trinajstić information content (AvgIpc) is 2.71. The fraction of sp³-hybridized carbons (Fsp3) is 0.304. The first-order chi connectivity index (χ1) is 15.0. The molecule has 1 amide bonds. The van der Waals surface area contributed by atoms with Gasteiger partial charge >= 0.3 is 0 Å². The van der Waals surface area contributed by atoms with Gasteiger partial charge < -0.3 is 5.32 Å². The summed E-state index contributed by atoms with van der Waals surface area (Å²) in [4.78, 5) is 16.5. The van der Waals surface area contributed by atoms with Gasteiger partial charge in [0.25, 0.3) is 0 Å². The molecule has 1 aromatic heterocycles. The Balaban J connectivity index is 2.13. The van der Waals surface area contributed by atoms with Crippen LogP contribution < -0.4 is 10.0 Å². The summed E-state index contributed by atoms with van der Waals surface area (Å²) in [5.41, 5.74) is 1.82. The number of aromatic nitrogens is 1. The molecule has 2 N–H and O–H groups in total. The Hall–Kier alpha value is -3.25. The second-order valence-corrected chi connectivity index (χ2v) is 9.39. The number of halogens is 2. The molecule has 0 spiro atoms. The van der Waals surface area contributed by atoms with Crippen LogP contribution in [0.4, 0.5) is 14.5 Å². The van der Waals surface area contributed by atoms with Crippen molar-refractivity contribution in [2.45, 2.75) is 33.5 Å². The van der Waals surface area contributed by atoms with Crippen molar-refractivity contribution < 1.29 is 22.0 Å². The fourth-order valence-electron chi connectivity index (χ4n) is 2.92. The van der Waals surface area contributed by atoms with E-state index in [1.54, 1.807) is 18.2 Å². The third-order valence-corrected chi connectivity index (χ3v) is 4.85. The van der Waals surface area contributed by atoms with Gasteiger partial charge in [-0.05, 0) is 47.7 Å². The van der Waals surface area contributed by atoms with Crippen LogP contribution in [-0.2, 0) is 34.5 Å². The number of sulfonamides is 1. The van der Waals surface area contributed by atoms with Crippen LogP contribution in [0.1, 0.15) is 41.9 Å². The smallest absolute Gasteiger partial charge is 0.244 e. The van der Waals surface area contributed by atoms with Crippen molar-refractivity contribution in [3.8, 4) is 12.3 Å². The molecule has 1 aromatic carbocycles. The minimum atomic E-state index is -3.71. The van der Waals surface area contributed by atoms with Crippen molar-refractivity contribution in [2.75, 3.05) is 11.0 Å². The van der Waals surface area contributed by atoms with Crippen molar-refractivity contribution >= 4 is 27.7 Å². The number of alkyl halides is 1. The lowest BCUT2D eigenvalue weighted by Crippen LogP contribution is -2.21. The number of nitrogens with zero attached hydrogens (tertiary/aromatic N) is 1. The molecular weight excluding hydrogens is 436 g/mol. The van der Waals surface area contributed by atoms with Crippen LogP contribution in [0, 0.1) is 24.1 Å². The molecule has 0 saturated heterocycles. The summed E-state index contributed by atoms with van der Waals surface area (Å²) in [6.07, 6.45) is 9.80. The Bertz CT molecular complexity index is 1170. The SMILES string of the molecule is C#Cc1cc(CNC(=O)/C=C/c2ccc(CF)nc2CC(C)C)cc(F)c1NS(C)(=O)=O. The molecular formula is C23H25F2N3O3S. The summed E-state index contributed by atoms with van der Waals surface area (Å²) in [5.74, 6) is 1.26. The molecule has 0 unspecified atom stereocenters. The lowest BCUT2D eigenvalue weighted by molar-refractivity contribution is -0.116. The lowest BCUT2D eigenvalue weighted by atomic mass is 10.0. The van der Waals surface area contributed by atoms with Gasteiger partial charge in [-0.1, -0.05) is 25.8 Å². The Morgan fingerprint density at radius 2 is 2.03 bits per heavy atom. The van der Waals surface area contributed by atoms with E-state index in [0.29, 0.717) is 34.9 Å². The monoisotopic (exact) mass is 461 g/mol. The predicted octanol–water partition coefficient (Wildman–Crippen LogP) is 3.57. The van der Waals surface area contributed by atoms with Gasteiger partial charge in [0.05, 0.1) is 23.2 Å². The summed E-state index contributed by atoms with van der Waals surface area (Å²) in [7, 11) is -3.71. The van der Waals surface area contributed by atoms with Crippen molar-refractivity contribution in [1.29, 1.82) is 0 Å². The van der Waals surface area contributed by atoms with Crippen LogP contribution in [0.2, 0.25) is 0 Å². The zero-order valence-electron chi connectivity index (χ0n) is 18.1. The molecule has 0 saturated carbocycles. The quantitative estimate of drug-likeness (QED) is 0.441. The van der Waals surface area contributed by atoms with Crippen LogP contribution in [-0.4, -0.2) is 25.6 Å². The Labute approximate surface area is 187 Å². The van der Waals surface area contributed by atoms with Crippen LogP contribution in [0.3, 0.4) is 0 Å². The fourth-order valence-corrected chi connectivity index (χ4v) is 3.49. The van der Waals surface area contributed by atoms with Gasteiger partial charge in [-0.25, -0.2) is 17.2 Å². The molecule has 0 atom stereocenters. The highest BCUT2D eigenvalue weighted by molar-refractivity contribution is 7.92. The summed E-state index contributed by atoms with van der Waals surface area (Å²) in [5, 5.41) is 2.62. The highest BCUT2D eigenvalue weighted by atomic mass is 32.2. The Morgan fingerprint density at radius 1 is 1.31 bits per heavy atom. The van der Waals surface area contributed by atoms with E-state index in [0.717, 1.165) is 12.3 Å². The predicted molar refractivity (Wildman–Crippen MR) is 121 cm³/mol. The van der Waals surface area contributed by atoms with E-state index in [2.05, 4.69) is 20.9 Å². The zero-order valence-corrected chi connectivity index (χ0v) is 18.9. The third-order valence-electron chi connectivity index (χ3n) is 4.28. The summed E-state index contributed by atoms with van der Waals surface area (Å²) in [6, 6.07) is 5.79. The molecule has 1 heterocycles. The normalized spacial score (nSPS) is 11.5. The number of anilines is 1. The number of rotatable bonds is 9. The largest absolute Gasteiger partial charge is 0.348 e. The second kappa shape index (κ2) is 10.9. The first-order valence-electron chi connectivity index (χ1n) is 9.80. The van der Waals surface area contributed by atoms with Crippen molar-refractivity contribution in [3.05, 3.63) is 64.2 Å². The molecule has 0 bridgehead atoms. The van der Waals surface area contributed by atoms with E-state index in [9.17, 15) is 22.0 Å². The highest BCUT2D eigenvalue weighted by Crippen LogP contribution is 2.23. The summed E-state index contributed by atoms with van der Waals surface area (Å²) in [6.45, 7) is 3.35. The van der Waals surface area contributed by atoms with Gasteiger partial charge in [0.1, 0.15) is 12.5 Å². The topological polar surface area (TPSA) is 88.2 Å². The van der Waals surface area contributed by atoms with Crippen LogP contribution in [0.15, 0.2) is 30.3 Å². The number of hydrogen-bond donors (Lipinski definition) is 2. The number of terminal acetylenes is 1. The maximum atomic E-state index is 14.3. The van der Waals surface area contributed by atoms with E-state index in [4.69, 9.17) is 6.42 Å². The van der Waals surface area contributed by atoms with E-state index in [1.165, 1.54) is 12.1 Å². The molecule has 0 aliphatic heterocycles. The minimum absolute atomic E-state index is 0.0209. The number of nitrogens with one attached hydrogen (secondary N) is 2. The maximum Gasteiger partial charge on any atom is 0.244 e. The molecule has 32 heavy (non-hydrogen) atoms. The highest BCUT2D eigenvalue weighted by Gasteiger charge is 2.14. The maximum absolute atomic E-state index is 14.3. The summed E-state index contributed by atoms with van der Waals surface area (Å²) < 4.78 is 52.1. The zero-order chi connectivity index (χ0) is 23.9. The van der Waals surface area contributed by atoms with Gasteiger partial charge in [0, 0.05) is 18.3 Å². The summed E-state index contributed by atoms with van der Waals surface area (Å²) >= 11 is 0. The van der Waals surface area contributed by atoms with Crippen LogP contribution in [0.5, 0.6) is 0 Å². The molecule has 2 rings (SSSR count). The van der Waals surface area contributed by atoms with Gasteiger partial charge in [0.2, 0.25) is 15.9 Å². The van der Waals surface area contributed by atoms with Gasteiger partial charge in [-0.2, -0.15) is 0 Å². The van der Waals surface area contributed by atoms with Gasteiger partial charge in [0.15, 0.2) is 0 Å². The van der Waals surface area contributed by atoms with Gasteiger partial charge in [-0.3, -0.25) is 14.5 Å². The molecule has 0 aliphatic carbocycles. The molecule has 0 aliphatic rings. The number of pyridine rings is 1. The number of hydrogen-bond acceptors (Lipinski definition) is 4. The van der Waals surface area contributed by atoms with Crippen molar-refractivity contribution in [1.82, 2.24) is 10.3 Å². The van der Waals surface area contributed by atoms with Crippen molar-refractivity contribution in [3.63, 3.8) is 0 Å². The van der Waals surface area contributed by atoms with Gasteiger partial charge in [-0.15, -0.1) is 6.42 Å². The number of carbonyl (C=O) groups is 1. The molecule has 2 aromatic rings. The van der Waals surface area contributed by atoms with E-state index in [-0.39, 0.29) is 17.8 Å². The second-order valence-electron chi connectivity index (χ2n) is 7.64. The number of carbonyl (C=O) groups excluding carboxylic acids is 1. The number of amides is 1. The van der Waals surface area contributed by atoms with E-state index >= 15 is 0 Å². The average molecular weight is 462 g/mol. The standard InChI is InChI=1S/C23H25F2N3O3S/c1-5-17-11-16(12-20(25)23(17)28-32(4,30)31)14-26-22(29)9-7-18-6-8-19(13-24)27-21(18)10-15(2)3/h1,6-9,11-12,15,28H,10,13-14H2,2-4H3,(H,26,29)/b9-7+. The lowest BCUT2D eigenvalue weighted by Gasteiger charge is -2.11.